The largest absolute Gasteiger partial charge is 0.489 e. The molecule has 2 N–H and O–H groups in total. The molecule has 0 aliphatic heterocycles. The maximum absolute atomic E-state index is 11.1. The Morgan fingerprint density at radius 1 is 1.15 bits per heavy atom. The third-order valence-electron chi connectivity index (χ3n) is 3.61. The first kappa shape index (κ1) is 17.7. The van der Waals surface area contributed by atoms with Crippen LogP contribution in [0.5, 0.6) is 5.75 Å². The van der Waals surface area contributed by atoms with Crippen LogP contribution >= 0.6 is 11.6 Å². The van der Waals surface area contributed by atoms with Crippen molar-refractivity contribution in [2.45, 2.75) is 13.5 Å². The second kappa shape index (κ2) is 8.31. The molecule has 0 bridgehead atoms. The van der Waals surface area contributed by atoms with Gasteiger partial charge in [0.05, 0.1) is 5.71 Å². The highest BCUT2D eigenvalue weighted by molar-refractivity contribution is 6.30. The Labute approximate surface area is 155 Å². The van der Waals surface area contributed by atoms with Crippen LogP contribution in [0.4, 0.5) is 5.82 Å². The number of hydrogen-bond acceptors (Lipinski definition) is 5. The Morgan fingerprint density at radius 2 is 1.88 bits per heavy atom. The number of rotatable bonds is 6. The van der Waals surface area contributed by atoms with Crippen molar-refractivity contribution < 1.29 is 4.74 Å². The lowest BCUT2D eigenvalue weighted by Gasteiger charge is -2.08. The van der Waals surface area contributed by atoms with Crippen LogP contribution in [0.15, 0.2) is 70.7 Å². The van der Waals surface area contributed by atoms with Crippen molar-refractivity contribution in [3.05, 3.63) is 87.4 Å². The van der Waals surface area contributed by atoms with Gasteiger partial charge in [0.2, 0.25) is 0 Å². The van der Waals surface area contributed by atoms with Crippen LogP contribution in [0, 0.1) is 0 Å². The molecule has 7 heteroatoms. The Balaban J connectivity index is 1.60. The predicted molar refractivity (Wildman–Crippen MR) is 103 cm³/mol. The first-order valence-corrected chi connectivity index (χ1v) is 8.31. The van der Waals surface area contributed by atoms with E-state index in [2.05, 4.69) is 20.5 Å². The van der Waals surface area contributed by atoms with E-state index < -0.39 is 5.69 Å². The topological polar surface area (TPSA) is 79.4 Å². The first-order valence-electron chi connectivity index (χ1n) is 7.93. The van der Waals surface area contributed by atoms with Crippen molar-refractivity contribution in [3.8, 4) is 5.75 Å². The number of H-pyrrole nitrogens is 1. The van der Waals surface area contributed by atoms with Crippen LogP contribution in [0.25, 0.3) is 0 Å². The quantitative estimate of drug-likeness (QED) is 0.511. The summed E-state index contributed by atoms with van der Waals surface area (Å²) in [5.74, 6) is 1.25. The number of benzene rings is 2. The van der Waals surface area contributed by atoms with Gasteiger partial charge in [0.25, 0.3) is 0 Å². The highest BCUT2D eigenvalue weighted by atomic mass is 35.5. The molecule has 0 aliphatic rings. The summed E-state index contributed by atoms with van der Waals surface area (Å²) in [6.45, 7) is 2.34. The monoisotopic (exact) mass is 368 g/mol. The van der Waals surface area contributed by atoms with E-state index in [9.17, 15) is 4.79 Å². The summed E-state index contributed by atoms with van der Waals surface area (Å²) in [4.78, 5) is 17.3. The first-order chi connectivity index (χ1) is 12.6. The standard InChI is InChI=1S/C19H17ClN4O2/c1-13(23-24-18-10-11-21-19(25)22-18)15-4-8-17(9-5-15)26-12-14-2-6-16(20)7-3-14/h2-11H,12H2,1H3,(H2,21,22,24,25)/b23-13-. The van der Waals surface area contributed by atoms with Crippen LogP contribution in [0.3, 0.4) is 0 Å². The number of halogens is 1. The Morgan fingerprint density at radius 3 is 2.58 bits per heavy atom. The van der Waals surface area contributed by atoms with E-state index in [0.717, 1.165) is 22.6 Å². The number of hydrogen-bond donors (Lipinski definition) is 2. The summed E-state index contributed by atoms with van der Waals surface area (Å²) >= 11 is 5.87. The Hall–Kier alpha value is -3.12. The molecule has 6 nitrogen and oxygen atoms in total. The summed E-state index contributed by atoms with van der Waals surface area (Å²) in [6.07, 6.45) is 1.42. The molecule has 1 aromatic heterocycles. The van der Waals surface area contributed by atoms with Crippen LogP contribution in [-0.2, 0) is 6.61 Å². The van der Waals surface area contributed by atoms with Gasteiger partial charge in [0, 0.05) is 11.2 Å². The molecule has 132 valence electrons. The number of aromatic amines is 1. The number of ether oxygens (including phenoxy) is 1. The lowest BCUT2D eigenvalue weighted by molar-refractivity contribution is 0.306. The highest BCUT2D eigenvalue weighted by Crippen LogP contribution is 2.16. The number of anilines is 1. The average molecular weight is 369 g/mol. The van der Waals surface area contributed by atoms with Crippen molar-refractivity contribution in [1.82, 2.24) is 9.97 Å². The molecule has 3 rings (SSSR count). The summed E-state index contributed by atoms with van der Waals surface area (Å²) in [5, 5.41) is 4.96. The predicted octanol–water partition coefficient (Wildman–Crippen LogP) is 3.84. The molecule has 0 radical (unpaired) electrons. The third kappa shape index (κ3) is 4.94. The zero-order chi connectivity index (χ0) is 18.4. The van der Waals surface area contributed by atoms with E-state index in [4.69, 9.17) is 16.3 Å². The molecule has 0 fully saturated rings. The lowest BCUT2D eigenvalue weighted by atomic mass is 10.1. The molecule has 2 aromatic carbocycles. The second-order valence-corrected chi connectivity index (χ2v) is 5.97. The SMILES string of the molecule is C/C(=N/Nc1ccnc(=O)[nH]1)c1ccc(OCc2ccc(Cl)cc2)cc1. The molecule has 0 atom stereocenters. The summed E-state index contributed by atoms with van der Waals surface area (Å²) in [7, 11) is 0. The van der Waals surface area contributed by atoms with E-state index in [-0.39, 0.29) is 0 Å². The normalized spacial score (nSPS) is 11.2. The summed E-state index contributed by atoms with van der Waals surface area (Å²) < 4.78 is 5.76. The lowest BCUT2D eigenvalue weighted by Crippen LogP contribution is -2.11. The molecule has 1 heterocycles. The summed E-state index contributed by atoms with van der Waals surface area (Å²) in [6, 6.07) is 16.8. The van der Waals surface area contributed by atoms with E-state index >= 15 is 0 Å². The smallest absolute Gasteiger partial charge is 0.346 e. The minimum absolute atomic E-state index is 0.426. The molecule has 3 aromatic rings. The van der Waals surface area contributed by atoms with Gasteiger partial charge >= 0.3 is 5.69 Å². The number of nitrogens with one attached hydrogen (secondary N) is 2. The van der Waals surface area contributed by atoms with Gasteiger partial charge in [0.1, 0.15) is 18.2 Å². The van der Waals surface area contributed by atoms with E-state index in [1.807, 2.05) is 55.5 Å². The van der Waals surface area contributed by atoms with E-state index in [1.165, 1.54) is 6.20 Å². The molecular weight excluding hydrogens is 352 g/mol. The Kier molecular flexibility index (Phi) is 5.66. The molecule has 0 unspecified atom stereocenters. The van der Waals surface area contributed by atoms with Crippen LogP contribution in [0.1, 0.15) is 18.1 Å². The van der Waals surface area contributed by atoms with E-state index in [0.29, 0.717) is 17.4 Å². The molecule has 26 heavy (non-hydrogen) atoms. The fourth-order valence-corrected chi connectivity index (χ4v) is 2.31. The Bertz CT molecular complexity index is 950. The number of aromatic nitrogens is 2. The fraction of sp³-hybridized carbons (Fsp3) is 0.105. The van der Waals surface area contributed by atoms with Crippen molar-refractivity contribution in [2.24, 2.45) is 5.10 Å². The molecule has 0 spiro atoms. The molecular formula is C19H17ClN4O2. The van der Waals surface area contributed by atoms with Gasteiger partial charge in [-0.3, -0.25) is 10.4 Å². The van der Waals surface area contributed by atoms with Gasteiger partial charge < -0.3 is 4.74 Å². The van der Waals surface area contributed by atoms with Gasteiger partial charge in [-0.1, -0.05) is 23.7 Å². The van der Waals surface area contributed by atoms with Crippen LogP contribution in [-0.4, -0.2) is 15.7 Å². The number of hydrazone groups is 1. The molecule has 0 saturated heterocycles. The van der Waals surface area contributed by atoms with Crippen molar-refractivity contribution >= 4 is 23.1 Å². The highest BCUT2D eigenvalue weighted by Gasteiger charge is 2.01. The average Bonchev–Trinajstić information content (AvgIpc) is 2.66. The minimum atomic E-state index is -0.426. The zero-order valence-electron chi connectivity index (χ0n) is 14.1. The number of nitrogens with zero attached hydrogens (tertiary/aromatic N) is 2. The maximum atomic E-state index is 11.1. The molecule has 0 aliphatic carbocycles. The second-order valence-electron chi connectivity index (χ2n) is 5.54. The third-order valence-corrected chi connectivity index (χ3v) is 3.86. The van der Waals surface area contributed by atoms with Crippen molar-refractivity contribution in [2.75, 3.05) is 5.43 Å². The van der Waals surface area contributed by atoms with Gasteiger partial charge in [-0.15, -0.1) is 0 Å². The van der Waals surface area contributed by atoms with Crippen molar-refractivity contribution in [3.63, 3.8) is 0 Å². The molecule has 0 saturated carbocycles. The van der Waals surface area contributed by atoms with Gasteiger partial charge in [-0.2, -0.15) is 5.10 Å². The van der Waals surface area contributed by atoms with E-state index in [1.54, 1.807) is 6.07 Å². The maximum Gasteiger partial charge on any atom is 0.346 e. The fourth-order valence-electron chi connectivity index (χ4n) is 2.18. The molecule has 0 amide bonds. The minimum Gasteiger partial charge on any atom is -0.489 e. The van der Waals surface area contributed by atoms with Gasteiger partial charge in [-0.25, -0.2) is 9.78 Å². The zero-order valence-corrected chi connectivity index (χ0v) is 14.8. The van der Waals surface area contributed by atoms with Gasteiger partial charge in [0.15, 0.2) is 0 Å². The van der Waals surface area contributed by atoms with Crippen LogP contribution < -0.4 is 15.9 Å². The van der Waals surface area contributed by atoms with Gasteiger partial charge in [-0.05, 0) is 60.5 Å². The van der Waals surface area contributed by atoms with Crippen molar-refractivity contribution in [1.29, 1.82) is 0 Å². The van der Waals surface area contributed by atoms with Crippen LogP contribution in [0.2, 0.25) is 5.02 Å². The summed E-state index contributed by atoms with van der Waals surface area (Å²) in [5.41, 5.74) is 5.13.